The molecule has 1 heterocycles. The zero-order valence-electron chi connectivity index (χ0n) is 18.6. The lowest BCUT2D eigenvalue weighted by Crippen LogP contribution is -2.41. The predicted octanol–water partition coefficient (Wildman–Crippen LogP) is 2.91. The minimum Gasteiger partial charge on any atom is -0.496 e. The lowest BCUT2D eigenvalue weighted by atomic mass is 9.93. The van der Waals surface area contributed by atoms with Crippen molar-refractivity contribution in [2.75, 3.05) is 39.0 Å². The standard InChI is InChI=1S/C22H36ClN5O3/c1-3-9-26-22(30)27-10-6-4-5-7-19(15-8-11-25-14-15)28-21(29)16-12-17(23)18(24)13-20(16)31-2/h12-13,15,19,25H,3-11,14,24H2,1-2H3,(H,28,29)(H2,26,27,30)/t15-,19?/m1/s1. The van der Waals surface area contributed by atoms with Crippen molar-refractivity contribution in [1.82, 2.24) is 21.3 Å². The highest BCUT2D eigenvalue weighted by Crippen LogP contribution is 2.29. The topological polar surface area (TPSA) is 118 Å². The Labute approximate surface area is 190 Å². The highest BCUT2D eigenvalue weighted by atomic mass is 35.5. The van der Waals surface area contributed by atoms with E-state index in [1.54, 1.807) is 12.1 Å². The average molecular weight is 454 g/mol. The third kappa shape index (κ3) is 8.10. The molecule has 0 aliphatic carbocycles. The first-order valence-corrected chi connectivity index (χ1v) is 11.5. The summed E-state index contributed by atoms with van der Waals surface area (Å²) in [5.74, 6) is 0.595. The molecule has 8 nitrogen and oxygen atoms in total. The fourth-order valence-corrected chi connectivity index (χ4v) is 3.94. The molecule has 9 heteroatoms. The first-order valence-electron chi connectivity index (χ1n) is 11.1. The third-order valence-electron chi connectivity index (χ3n) is 5.56. The lowest BCUT2D eigenvalue weighted by Gasteiger charge is -2.25. The first-order chi connectivity index (χ1) is 15.0. The van der Waals surface area contributed by atoms with Crippen molar-refractivity contribution in [3.05, 3.63) is 22.7 Å². The number of carbonyl (C=O) groups excluding carboxylic acids is 2. The molecular formula is C22H36ClN5O3. The second-order valence-corrected chi connectivity index (χ2v) is 8.35. The van der Waals surface area contributed by atoms with Crippen LogP contribution in [0.4, 0.5) is 10.5 Å². The number of nitrogen functional groups attached to an aromatic ring is 1. The fraction of sp³-hybridized carbons (Fsp3) is 0.636. The number of ether oxygens (including phenoxy) is 1. The Kier molecular flexibility index (Phi) is 10.7. The van der Waals surface area contributed by atoms with Crippen LogP contribution in [0, 0.1) is 5.92 Å². The number of anilines is 1. The Morgan fingerprint density at radius 2 is 2.03 bits per heavy atom. The number of methoxy groups -OCH3 is 1. The van der Waals surface area contributed by atoms with Gasteiger partial charge >= 0.3 is 6.03 Å². The second-order valence-electron chi connectivity index (χ2n) is 7.94. The van der Waals surface area contributed by atoms with Gasteiger partial charge in [0.15, 0.2) is 0 Å². The van der Waals surface area contributed by atoms with E-state index < -0.39 is 0 Å². The maximum atomic E-state index is 13.0. The Bertz CT molecular complexity index is 725. The van der Waals surface area contributed by atoms with Gasteiger partial charge in [-0.25, -0.2) is 4.79 Å². The van der Waals surface area contributed by atoms with Crippen molar-refractivity contribution in [3.63, 3.8) is 0 Å². The van der Waals surface area contributed by atoms with Gasteiger partial charge in [-0.15, -0.1) is 0 Å². The van der Waals surface area contributed by atoms with Crippen molar-refractivity contribution in [2.24, 2.45) is 5.92 Å². The molecule has 31 heavy (non-hydrogen) atoms. The van der Waals surface area contributed by atoms with Gasteiger partial charge in [-0.2, -0.15) is 0 Å². The molecule has 2 rings (SSSR count). The fourth-order valence-electron chi connectivity index (χ4n) is 3.78. The van der Waals surface area contributed by atoms with E-state index in [2.05, 4.69) is 21.3 Å². The summed E-state index contributed by atoms with van der Waals surface area (Å²) in [6, 6.07) is 3.08. The normalized spacial score (nSPS) is 16.5. The molecule has 174 valence electrons. The zero-order chi connectivity index (χ0) is 22.6. The van der Waals surface area contributed by atoms with E-state index in [9.17, 15) is 9.59 Å². The number of hydrogen-bond acceptors (Lipinski definition) is 5. The summed E-state index contributed by atoms with van der Waals surface area (Å²) < 4.78 is 5.33. The van der Waals surface area contributed by atoms with Gasteiger partial charge in [-0.05, 0) is 50.8 Å². The number of halogens is 1. The Balaban J connectivity index is 1.86. The van der Waals surface area contributed by atoms with Gasteiger partial charge in [0, 0.05) is 25.2 Å². The minimum absolute atomic E-state index is 0.0596. The van der Waals surface area contributed by atoms with Crippen LogP contribution in [0.1, 0.15) is 55.8 Å². The Hall–Kier alpha value is -2.19. The van der Waals surface area contributed by atoms with Crippen molar-refractivity contribution < 1.29 is 14.3 Å². The Morgan fingerprint density at radius 1 is 1.26 bits per heavy atom. The molecule has 6 N–H and O–H groups in total. The lowest BCUT2D eigenvalue weighted by molar-refractivity contribution is 0.0917. The average Bonchev–Trinajstić information content (AvgIpc) is 3.30. The van der Waals surface area contributed by atoms with Crippen LogP contribution in [0.15, 0.2) is 12.1 Å². The van der Waals surface area contributed by atoms with Crippen molar-refractivity contribution in [2.45, 2.75) is 51.5 Å². The van der Waals surface area contributed by atoms with Crippen LogP contribution in [0.2, 0.25) is 5.02 Å². The number of urea groups is 1. The van der Waals surface area contributed by atoms with Crippen LogP contribution < -0.4 is 31.7 Å². The van der Waals surface area contributed by atoms with Gasteiger partial charge in [-0.1, -0.05) is 31.4 Å². The van der Waals surface area contributed by atoms with E-state index in [-0.39, 0.29) is 18.0 Å². The second kappa shape index (κ2) is 13.3. The number of hydrogen-bond donors (Lipinski definition) is 5. The monoisotopic (exact) mass is 453 g/mol. The van der Waals surface area contributed by atoms with Crippen LogP contribution in [0.3, 0.4) is 0 Å². The van der Waals surface area contributed by atoms with E-state index in [4.69, 9.17) is 22.1 Å². The summed E-state index contributed by atoms with van der Waals surface area (Å²) in [6.07, 6.45) is 5.70. The largest absolute Gasteiger partial charge is 0.496 e. The molecule has 0 spiro atoms. The van der Waals surface area contributed by atoms with Gasteiger partial charge in [0.2, 0.25) is 0 Å². The van der Waals surface area contributed by atoms with Crippen LogP contribution in [-0.4, -0.2) is 51.3 Å². The van der Waals surface area contributed by atoms with Crippen molar-refractivity contribution >= 4 is 29.2 Å². The van der Waals surface area contributed by atoms with Crippen LogP contribution >= 0.6 is 11.6 Å². The molecule has 1 aliphatic rings. The summed E-state index contributed by atoms with van der Waals surface area (Å²) in [7, 11) is 1.51. The SMILES string of the molecule is CCCNC(=O)NCCCCCC(NC(=O)c1cc(Cl)c(N)cc1OC)[C@@H]1CCNC1. The number of unbranched alkanes of at least 4 members (excludes halogenated alkanes) is 2. The molecule has 0 aromatic heterocycles. The summed E-state index contributed by atoms with van der Waals surface area (Å²) in [5, 5.41) is 12.6. The van der Waals surface area contributed by atoms with Crippen LogP contribution in [-0.2, 0) is 0 Å². The highest BCUT2D eigenvalue weighted by molar-refractivity contribution is 6.33. The summed E-state index contributed by atoms with van der Waals surface area (Å²) in [4.78, 5) is 24.6. The molecule has 1 unspecified atom stereocenters. The van der Waals surface area contributed by atoms with Gasteiger partial charge in [0.05, 0.1) is 23.4 Å². The van der Waals surface area contributed by atoms with E-state index in [0.717, 1.165) is 51.6 Å². The molecule has 1 fully saturated rings. The molecule has 1 saturated heterocycles. The van der Waals surface area contributed by atoms with Crippen molar-refractivity contribution in [3.8, 4) is 5.75 Å². The van der Waals surface area contributed by atoms with Crippen LogP contribution in [0.25, 0.3) is 0 Å². The maximum absolute atomic E-state index is 13.0. The number of carbonyl (C=O) groups is 2. The number of nitrogens with one attached hydrogen (secondary N) is 4. The van der Waals surface area contributed by atoms with E-state index in [1.165, 1.54) is 7.11 Å². The molecule has 1 aromatic carbocycles. The summed E-state index contributed by atoms with van der Waals surface area (Å²) in [5.41, 5.74) is 6.60. The van der Waals surface area contributed by atoms with Crippen LogP contribution in [0.5, 0.6) is 5.75 Å². The number of amides is 3. The number of benzene rings is 1. The summed E-state index contributed by atoms with van der Waals surface area (Å²) in [6.45, 7) is 5.22. The van der Waals surface area contributed by atoms with Gasteiger partial charge in [0.25, 0.3) is 5.91 Å². The molecule has 0 radical (unpaired) electrons. The third-order valence-corrected chi connectivity index (χ3v) is 5.89. The molecule has 0 saturated carbocycles. The quantitative estimate of drug-likeness (QED) is 0.246. The first kappa shape index (κ1) is 25.1. The predicted molar refractivity (Wildman–Crippen MR) is 125 cm³/mol. The molecule has 3 amide bonds. The highest BCUT2D eigenvalue weighted by Gasteiger charge is 2.27. The van der Waals surface area contributed by atoms with Gasteiger partial charge in [0.1, 0.15) is 5.75 Å². The number of rotatable bonds is 12. The molecule has 2 atom stereocenters. The zero-order valence-corrected chi connectivity index (χ0v) is 19.3. The maximum Gasteiger partial charge on any atom is 0.314 e. The van der Waals surface area contributed by atoms with Gasteiger partial charge < -0.3 is 31.7 Å². The van der Waals surface area contributed by atoms with E-state index in [0.29, 0.717) is 41.0 Å². The summed E-state index contributed by atoms with van der Waals surface area (Å²) >= 11 is 6.13. The minimum atomic E-state index is -0.204. The number of nitrogens with two attached hydrogens (primary N) is 1. The van der Waals surface area contributed by atoms with E-state index >= 15 is 0 Å². The molecular weight excluding hydrogens is 418 g/mol. The van der Waals surface area contributed by atoms with E-state index in [1.807, 2.05) is 6.92 Å². The molecule has 1 aromatic rings. The smallest absolute Gasteiger partial charge is 0.314 e. The van der Waals surface area contributed by atoms with Gasteiger partial charge in [-0.3, -0.25) is 4.79 Å². The van der Waals surface area contributed by atoms with Crippen molar-refractivity contribution in [1.29, 1.82) is 0 Å². The molecule has 1 aliphatic heterocycles. The Morgan fingerprint density at radius 3 is 2.71 bits per heavy atom. The molecule has 0 bridgehead atoms.